The topological polar surface area (TPSA) is 68.0 Å². The van der Waals surface area contributed by atoms with Crippen LogP contribution in [0.3, 0.4) is 0 Å². The van der Waals surface area contributed by atoms with Gasteiger partial charge < -0.3 is 5.11 Å². The fourth-order valence-corrected chi connectivity index (χ4v) is 2.15. The number of carboxylic acids is 1. The van der Waals surface area contributed by atoms with E-state index in [1.54, 1.807) is 18.2 Å². The first-order chi connectivity index (χ1) is 8.24. The molecule has 0 atom stereocenters. The van der Waals surface area contributed by atoms with E-state index in [2.05, 4.69) is 10.3 Å². The summed E-state index contributed by atoms with van der Waals surface area (Å²) in [5.41, 5.74) is 1.86. The highest BCUT2D eigenvalue weighted by molar-refractivity contribution is 5.92. The molecule has 5 heteroatoms. The van der Waals surface area contributed by atoms with Gasteiger partial charge in [0.05, 0.1) is 11.1 Å². The maximum atomic E-state index is 10.9. The second-order valence-corrected chi connectivity index (χ2v) is 4.58. The first-order valence-electron chi connectivity index (χ1n) is 5.80. The number of fused-ring (bicyclic) bond motifs is 1. The Morgan fingerprint density at radius 3 is 2.94 bits per heavy atom. The van der Waals surface area contributed by atoms with Crippen molar-refractivity contribution < 1.29 is 9.90 Å². The predicted octanol–water partition coefficient (Wildman–Crippen LogP) is 1.93. The minimum atomic E-state index is -0.914. The van der Waals surface area contributed by atoms with Crippen molar-refractivity contribution in [1.82, 2.24) is 15.0 Å². The van der Waals surface area contributed by atoms with Gasteiger partial charge in [0.2, 0.25) is 0 Å². The molecule has 1 aliphatic carbocycles. The lowest BCUT2D eigenvalue weighted by Gasteiger charge is -2.24. The molecule has 0 radical (unpaired) electrons. The molecular weight excluding hydrogens is 218 g/mol. The summed E-state index contributed by atoms with van der Waals surface area (Å²) in [6.45, 7) is 0.847. The van der Waals surface area contributed by atoms with Crippen molar-refractivity contribution in [3.63, 3.8) is 0 Å². The fraction of sp³-hybridized carbons (Fsp3) is 0.417. The molecule has 0 amide bonds. The third kappa shape index (κ3) is 1.77. The summed E-state index contributed by atoms with van der Waals surface area (Å²) in [4.78, 5) is 10.9. The van der Waals surface area contributed by atoms with E-state index in [0.717, 1.165) is 17.6 Å². The van der Waals surface area contributed by atoms with Crippen LogP contribution in [0.25, 0.3) is 11.0 Å². The zero-order valence-corrected chi connectivity index (χ0v) is 9.33. The summed E-state index contributed by atoms with van der Waals surface area (Å²) in [6, 6.07) is 4.92. The van der Waals surface area contributed by atoms with Crippen LogP contribution in [0.15, 0.2) is 18.2 Å². The number of hydrogen-bond acceptors (Lipinski definition) is 3. The zero-order chi connectivity index (χ0) is 11.8. The Kier molecular flexibility index (Phi) is 2.31. The van der Waals surface area contributed by atoms with E-state index in [0.29, 0.717) is 5.92 Å². The minimum absolute atomic E-state index is 0.287. The highest BCUT2D eigenvalue weighted by Gasteiger charge is 2.19. The van der Waals surface area contributed by atoms with Crippen molar-refractivity contribution >= 4 is 17.0 Å². The molecule has 0 unspecified atom stereocenters. The van der Waals surface area contributed by atoms with Crippen molar-refractivity contribution in [2.75, 3.05) is 0 Å². The van der Waals surface area contributed by atoms with Gasteiger partial charge in [0.25, 0.3) is 0 Å². The van der Waals surface area contributed by atoms with Gasteiger partial charge in [-0.3, -0.25) is 0 Å². The van der Waals surface area contributed by atoms with Crippen molar-refractivity contribution in [3.8, 4) is 0 Å². The van der Waals surface area contributed by atoms with Crippen molar-refractivity contribution in [1.29, 1.82) is 0 Å². The van der Waals surface area contributed by atoms with Crippen LogP contribution in [0.1, 0.15) is 29.6 Å². The second kappa shape index (κ2) is 3.84. The maximum absolute atomic E-state index is 10.9. The van der Waals surface area contributed by atoms with Crippen LogP contribution in [-0.4, -0.2) is 26.1 Å². The summed E-state index contributed by atoms with van der Waals surface area (Å²) >= 11 is 0. The molecule has 1 saturated carbocycles. The van der Waals surface area contributed by atoms with E-state index in [1.807, 2.05) is 4.68 Å². The molecule has 3 rings (SSSR count). The standard InChI is InChI=1S/C12H13N3O2/c16-12(17)9-4-5-10-11(6-9)15(14-13-10)7-8-2-1-3-8/h4-6,8H,1-3,7H2,(H,16,17). The number of hydrogen-bond donors (Lipinski definition) is 1. The number of rotatable bonds is 3. The number of carboxylic acid groups (broad SMARTS) is 1. The van der Waals surface area contributed by atoms with E-state index in [1.165, 1.54) is 19.3 Å². The Hall–Kier alpha value is -1.91. The average Bonchev–Trinajstić information content (AvgIpc) is 2.65. The van der Waals surface area contributed by atoms with Crippen molar-refractivity contribution in [2.24, 2.45) is 5.92 Å². The minimum Gasteiger partial charge on any atom is -0.478 e. The second-order valence-electron chi connectivity index (χ2n) is 4.58. The number of aromatic nitrogens is 3. The van der Waals surface area contributed by atoms with Gasteiger partial charge in [-0.1, -0.05) is 11.6 Å². The lowest BCUT2D eigenvalue weighted by atomic mass is 9.85. The van der Waals surface area contributed by atoms with Crippen LogP contribution in [0.4, 0.5) is 0 Å². The average molecular weight is 231 g/mol. The fourth-order valence-electron chi connectivity index (χ4n) is 2.15. The molecule has 1 N–H and O–H groups in total. The van der Waals surface area contributed by atoms with E-state index < -0.39 is 5.97 Å². The molecule has 1 aliphatic rings. The van der Waals surface area contributed by atoms with E-state index >= 15 is 0 Å². The maximum Gasteiger partial charge on any atom is 0.335 e. The van der Waals surface area contributed by atoms with Gasteiger partial charge in [-0.05, 0) is 37.0 Å². The van der Waals surface area contributed by atoms with Gasteiger partial charge in [0.1, 0.15) is 5.52 Å². The number of carbonyl (C=O) groups is 1. The Labute approximate surface area is 98.0 Å². The molecule has 1 aromatic heterocycles. The summed E-state index contributed by atoms with van der Waals surface area (Å²) in [5, 5.41) is 17.1. The lowest BCUT2D eigenvalue weighted by Crippen LogP contribution is -2.18. The molecule has 88 valence electrons. The molecule has 2 aromatic rings. The normalized spacial score (nSPS) is 16.0. The Bertz CT molecular complexity index is 572. The highest BCUT2D eigenvalue weighted by atomic mass is 16.4. The van der Waals surface area contributed by atoms with Gasteiger partial charge in [-0.25, -0.2) is 9.48 Å². The van der Waals surface area contributed by atoms with Gasteiger partial charge in [-0.15, -0.1) is 5.10 Å². The van der Waals surface area contributed by atoms with Crippen LogP contribution in [0, 0.1) is 5.92 Å². The predicted molar refractivity (Wildman–Crippen MR) is 61.8 cm³/mol. The van der Waals surface area contributed by atoms with E-state index in [-0.39, 0.29) is 5.56 Å². The van der Waals surface area contributed by atoms with Gasteiger partial charge in [0, 0.05) is 6.54 Å². The Morgan fingerprint density at radius 1 is 1.47 bits per heavy atom. The van der Waals surface area contributed by atoms with E-state index in [4.69, 9.17) is 5.11 Å². The summed E-state index contributed by atoms with van der Waals surface area (Å²) in [5.74, 6) is -0.239. The molecule has 0 aliphatic heterocycles. The number of benzene rings is 1. The van der Waals surface area contributed by atoms with Gasteiger partial charge in [0.15, 0.2) is 0 Å². The smallest absolute Gasteiger partial charge is 0.335 e. The van der Waals surface area contributed by atoms with Crippen molar-refractivity contribution in [3.05, 3.63) is 23.8 Å². The third-order valence-corrected chi connectivity index (χ3v) is 3.42. The molecule has 0 saturated heterocycles. The number of aromatic carboxylic acids is 1. The highest BCUT2D eigenvalue weighted by Crippen LogP contribution is 2.28. The zero-order valence-electron chi connectivity index (χ0n) is 9.33. The summed E-state index contributed by atoms with van der Waals surface area (Å²) in [7, 11) is 0. The van der Waals surface area contributed by atoms with Crippen LogP contribution in [-0.2, 0) is 6.54 Å². The van der Waals surface area contributed by atoms with Crippen LogP contribution in [0.5, 0.6) is 0 Å². The SMILES string of the molecule is O=C(O)c1ccc2nnn(CC3CCC3)c2c1. The first-order valence-corrected chi connectivity index (χ1v) is 5.80. The molecule has 0 bridgehead atoms. The first kappa shape index (κ1) is 10.3. The van der Waals surface area contributed by atoms with Crippen LogP contribution < -0.4 is 0 Å². The van der Waals surface area contributed by atoms with Crippen LogP contribution >= 0.6 is 0 Å². The van der Waals surface area contributed by atoms with E-state index in [9.17, 15) is 4.79 Å². The van der Waals surface area contributed by atoms with Crippen LogP contribution in [0.2, 0.25) is 0 Å². The molecule has 17 heavy (non-hydrogen) atoms. The quantitative estimate of drug-likeness (QED) is 0.876. The van der Waals surface area contributed by atoms with Gasteiger partial charge in [-0.2, -0.15) is 0 Å². The van der Waals surface area contributed by atoms with Gasteiger partial charge >= 0.3 is 5.97 Å². The largest absolute Gasteiger partial charge is 0.478 e. The molecule has 0 spiro atoms. The molecular formula is C12H13N3O2. The third-order valence-electron chi connectivity index (χ3n) is 3.42. The van der Waals surface area contributed by atoms with Crippen molar-refractivity contribution in [2.45, 2.75) is 25.8 Å². The molecule has 1 fully saturated rings. The number of nitrogens with zero attached hydrogens (tertiary/aromatic N) is 3. The monoisotopic (exact) mass is 231 g/mol. The Balaban J connectivity index is 1.99. The molecule has 1 aromatic carbocycles. The Morgan fingerprint density at radius 2 is 2.29 bits per heavy atom. The lowest BCUT2D eigenvalue weighted by molar-refractivity contribution is 0.0697. The molecule has 5 nitrogen and oxygen atoms in total. The molecule has 1 heterocycles. The summed E-state index contributed by atoms with van der Waals surface area (Å²) < 4.78 is 1.82. The summed E-state index contributed by atoms with van der Waals surface area (Å²) in [6.07, 6.45) is 3.76.